The lowest BCUT2D eigenvalue weighted by atomic mass is 9.79. The van der Waals surface area contributed by atoms with Crippen LogP contribution >= 0.6 is 11.3 Å². The molecule has 0 aliphatic rings. The predicted octanol–water partition coefficient (Wildman–Crippen LogP) is 2.89. The zero-order valence-corrected chi connectivity index (χ0v) is 10.2. The monoisotopic (exact) mass is 227 g/mol. The van der Waals surface area contributed by atoms with E-state index in [0.717, 1.165) is 10.7 Å². The Hall–Kier alpha value is -0.900. The van der Waals surface area contributed by atoms with Crippen LogP contribution in [0, 0.1) is 12.3 Å². The van der Waals surface area contributed by atoms with E-state index in [1.807, 2.05) is 26.2 Å². The Labute approximate surface area is 94.2 Å². The molecule has 0 aromatic carbocycles. The first-order valence-corrected chi connectivity index (χ1v) is 6.06. The van der Waals surface area contributed by atoms with E-state index in [4.69, 9.17) is 0 Å². The van der Waals surface area contributed by atoms with Crippen molar-refractivity contribution in [2.75, 3.05) is 0 Å². The van der Waals surface area contributed by atoms with Crippen LogP contribution in [0.4, 0.5) is 0 Å². The minimum absolute atomic E-state index is 0.549. The Morgan fingerprint density at radius 2 is 2.13 bits per heavy atom. The van der Waals surface area contributed by atoms with Crippen molar-refractivity contribution < 1.29 is 9.90 Å². The molecule has 1 aromatic rings. The zero-order chi connectivity index (χ0) is 11.5. The van der Waals surface area contributed by atoms with Crippen molar-refractivity contribution in [2.24, 2.45) is 5.41 Å². The van der Waals surface area contributed by atoms with Gasteiger partial charge in [0.2, 0.25) is 0 Å². The number of aliphatic carboxylic acids is 1. The van der Waals surface area contributed by atoms with Crippen molar-refractivity contribution in [2.45, 2.75) is 40.0 Å². The van der Waals surface area contributed by atoms with Gasteiger partial charge < -0.3 is 5.11 Å². The quantitative estimate of drug-likeness (QED) is 0.841. The molecular formula is C11H17NO2S. The van der Waals surface area contributed by atoms with Gasteiger partial charge in [-0.3, -0.25) is 4.79 Å². The predicted molar refractivity (Wildman–Crippen MR) is 61.2 cm³/mol. The van der Waals surface area contributed by atoms with Crippen LogP contribution < -0.4 is 0 Å². The number of hydrogen-bond donors (Lipinski definition) is 1. The maximum absolute atomic E-state index is 11.3. The minimum Gasteiger partial charge on any atom is -0.481 e. The van der Waals surface area contributed by atoms with Crippen LogP contribution in [-0.4, -0.2) is 16.1 Å². The van der Waals surface area contributed by atoms with E-state index in [-0.39, 0.29) is 0 Å². The third-order valence-corrected chi connectivity index (χ3v) is 3.93. The van der Waals surface area contributed by atoms with Crippen LogP contribution in [0.25, 0.3) is 0 Å². The largest absolute Gasteiger partial charge is 0.481 e. The van der Waals surface area contributed by atoms with Crippen LogP contribution in [-0.2, 0) is 11.2 Å². The van der Waals surface area contributed by atoms with Gasteiger partial charge >= 0.3 is 5.97 Å². The fraction of sp³-hybridized carbons (Fsp3) is 0.636. The number of carboxylic acids is 1. The van der Waals surface area contributed by atoms with Gasteiger partial charge in [-0.15, -0.1) is 11.3 Å². The van der Waals surface area contributed by atoms with Crippen molar-refractivity contribution in [3.63, 3.8) is 0 Å². The molecule has 1 aromatic heterocycles. The van der Waals surface area contributed by atoms with Crippen LogP contribution in [0.5, 0.6) is 0 Å². The molecule has 3 nitrogen and oxygen atoms in total. The Morgan fingerprint density at radius 1 is 1.53 bits per heavy atom. The molecule has 15 heavy (non-hydrogen) atoms. The Bertz CT molecular complexity index is 342. The maximum Gasteiger partial charge on any atom is 0.310 e. The van der Waals surface area contributed by atoms with E-state index >= 15 is 0 Å². The van der Waals surface area contributed by atoms with Crippen molar-refractivity contribution in [1.82, 2.24) is 4.98 Å². The van der Waals surface area contributed by atoms with E-state index in [0.29, 0.717) is 19.3 Å². The highest BCUT2D eigenvalue weighted by molar-refractivity contribution is 7.09. The van der Waals surface area contributed by atoms with Crippen molar-refractivity contribution in [1.29, 1.82) is 0 Å². The Balaban J connectivity index is 2.88. The number of carboxylic acid groups (broad SMARTS) is 1. The molecule has 0 bridgehead atoms. The molecule has 0 saturated heterocycles. The number of carbonyl (C=O) groups is 1. The van der Waals surface area contributed by atoms with Gasteiger partial charge in [-0.25, -0.2) is 4.98 Å². The van der Waals surface area contributed by atoms with Crippen molar-refractivity contribution in [3.05, 3.63) is 16.1 Å². The first-order valence-electron chi connectivity index (χ1n) is 5.18. The van der Waals surface area contributed by atoms with E-state index < -0.39 is 11.4 Å². The van der Waals surface area contributed by atoms with Crippen LogP contribution in [0.15, 0.2) is 5.38 Å². The number of aromatic nitrogens is 1. The highest BCUT2D eigenvalue weighted by Gasteiger charge is 2.35. The third-order valence-electron chi connectivity index (χ3n) is 2.96. The van der Waals surface area contributed by atoms with Gasteiger partial charge in [0.15, 0.2) is 0 Å². The van der Waals surface area contributed by atoms with Crippen LogP contribution in [0.3, 0.4) is 0 Å². The molecular weight excluding hydrogens is 210 g/mol. The molecule has 0 saturated carbocycles. The minimum atomic E-state index is -0.708. The summed E-state index contributed by atoms with van der Waals surface area (Å²) in [7, 11) is 0. The number of hydrogen-bond acceptors (Lipinski definition) is 3. The molecule has 0 amide bonds. The summed E-state index contributed by atoms with van der Waals surface area (Å²) >= 11 is 1.55. The standard InChI is InChI=1S/C11H17NO2S/c1-4-11(5-2,10(13)14)6-9-12-8(3)7-15-9/h7H,4-6H2,1-3H3,(H,13,14). The highest BCUT2D eigenvalue weighted by Crippen LogP contribution is 2.32. The van der Waals surface area contributed by atoms with Crippen LogP contribution in [0.2, 0.25) is 0 Å². The smallest absolute Gasteiger partial charge is 0.310 e. The number of nitrogens with zero attached hydrogens (tertiary/aromatic N) is 1. The summed E-state index contributed by atoms with van der Waals surface area (Å²) in [6.07, 6.45) is 1.85. The van der Waals surface area contributed by atoms with E-state index in [2.05, 4.69) is 4.98 Å². The van der Waals surface area contributed by atoms with Crippen molar-refractivity contribution >= 4 is 17.3 Å². The summed E-state index contributed by atoms with van der Waals surface area (Å²) in [6.45, 7) is 5.79. The lowest BCUT2D eigenvalue weighted by molar-refractivity contribution is -0.149. The molecule has 0 unspecified atom stereocenters. The average Bonchev–Trinajstić information content (AvgIpc) is 2.60. The highest BCUT2D eigenvalue weighted by atomic mass is 32.1. The molecule has 84 valence electrons. The summed E-state index contributed by atoms with van der Waals surface area (Å²) in [5.74, 6) is -0.708. The molecule has 0 radical (unpaired) electrons. The fourth-order valence-corrected chi connectivity index (χ4v) is 2.57. The molecule has 4 heteroatoms. The van der Waals surface area contributed by atoms with E-state index in [9.17, 15) is 9.90 Å². The van der Waals surface area contributed by atoms with Gasteiger partial charge in [-0.05, 0) is 19.8 Å². The Kier molecular flexibility index (Phi) is 3.85. The molecule has 1 heterocycles. The molecule has 0 spiro atoms. The van der Waals surface area contributed by atoms with E-state index in [1.54, 1.807) is 11.3 Å². The van der Waals surface area contributed by atoms with Gasteiger partial charge in [0.1, 0.15) is 0 Å². The lowest BCUT2D eigenvalue weighted by Gasteiger charge is -2.25. The van der Waals surface area contributed by atoms with Gasteiger partial charge in [0.25, 0.3) is 0 Å². The summed E-state index contributed by atoms with van der Waals surface area (Å²) in [5.41, 5.74) is 0.339. The normalized spacial score (nSPS) is 11.7. The van der Waals surface area contributed by atoms with Crippen molar-refractivity contribution in [3.8, 4) is 0 Å². The van der Waals surface area contributed by atoms with Crippen LogP contribution in [0.1, 0.15) is 37.4 Å². The van der Waals surface area contributed by atoms with Gasteiger partial charge in [0.05, 0.1) is 10.4 Å². The topological polar surface area (TPSA) is 50.2 Å². The Morgan fingerprint density at radius 3 is 2.47 bits per heavy atom. The first kappa shape index (κ1) is 12.2. The summed E-state index contributed by atoms with van der Waals surface area (Å²) in [5, 5.41) is 12.2. The fourth-order valence-electron chi connectivity index (χ4n) is 1.65. The molecule has 1 rings (SSSR count). The second kappa shape index (κ2) is 4.75. The third kappa shape index (κ3) is 2.56. The lowest BCUT2D eigenvalue weighted by Crippen LogP contribution is -2.32. The number of aryl methyl sites for hydroxylation is 1. The summed E-state index contributed by atoms with van der Waals surface area (Å²) < 4.78 is 0. The second-order valence-electron chi connectivity index (χ2n) is 3.85. The first-order chi connectivity index (χ1) is 7.04. The zero-order valence-electron chi connectivity index (χ0n) is 9.41. The van der Waals surface area contributed by atoms with Gasteiger partial charge in [0, 0.05) is 17.5 Å². The molecule has 0 atom stereocenters. The number of rotatable bonds is 5. The second-order valence-corrected chi connectivity index (χ2v) is 4.79. The molecule has 0 aliphatic heterocycles. The molecule has 0 aliphatic carbocycles. The molecule has 1 N–H and O–H groups in total. The number of thiazole rings is 1. The SMILES string of the molecule is CCC(CC)(Cc1nc(C)cs1)C(=O)O. The molecule has 0 fully saturated rings. The van der Waals surface area contributed by atoms with Gasteiger partial charge in [-0.2, -0.15) is 0 Å². The summed E-state index contributed by atoms with van der Waals surface area (Å²) in [6, 6.07) is 0. The maximum atomic E-state index is 11.3. The average molecular weight is 227 g/mol. The van der Waals surface area contributed by atoms with E-state index in [1.165, 1.54) is 0 Å². The van der Waals surface area contributed by atoms with Gasteiger partial charge in [-0.1, -0.05) is 13.8 Å². The summed E-state index contributed by atoms with van der Waals surface area (Å²) in [4.78, 5) is 15.6.